The molecule has 13 heavy (non-hydrogen) atoms. The Bertz CT molecular complexity index is 235. The zero-order chi connectivity index (χ0) is 10.4. The van der Waals surface area contributed by atoms with Crippen molar-refractivity contribution >= 4 is 11.8 Å². The summed E-state index contributed by atoms with van der Waals surface area (Å²) in [5.74, 6) is -1.38. The topological polar surface area (TPSA) is 61.8 Å². The van der Waals surface area contributed by atoms with E-state index in [0.717, 1.165) is 0 Å². The first-order valence-electron chi connectivity index (χ1n) is 3.50. The van der Waals surface area contributed by atoms with E-state index in [1.165, 1.54) is 28.3 Å². The molecule has 74 valence electrons. The summed E-state index contributed by atoms with van der Waals surface area (Å²) < 4.78 is 13.7. The van der Waals surface area contributed by atoms with Crippen LogP contribution in [0.3, 0.4) is 0 Å². The molecule has 0 aromatic rings. The van der Waals surface area contributed by atoms with Crippen LogP contribution in [0.1, 0.15) is 6.92 Å². The zero-order valence-corrected chi connectivity index (χ0v) is 8.04. The van der Waals surface area contributed by atoms with Crippen molar-refractivity contribution in [2.45, 2.75) is 6.92 Å². The van der Waals surface area contributed by atoms with Gasteiger partial charge >= 0.3 is 5.97 Å². The van der Waals surface area contributed by atoms with Crippen molar-refractivity contribution in [1.29, 1.82) is 0 Å². The molecular weight excluding hydrogens is 176 g/mol. The molecule has 0 N–H and O–H groups in total. The van der Waals surface area contributed by atoms with Gasteiger partial charge in [-0.05, 0) is 6.92 Å². The van der Waals surface area contributed by atoms with Crippen LogP contribution in [0.15, 0.2) is 11.5 Å². The molecule has 0 aliphatic carbocycles. The summed E-state index contributed by atoms with van der Waals surface area (Å²) in [5, 5.41) is 0. The smallest absolute Gasteiger partial charge is 0.348 e. The highest BCUT2D eigenvalue weighted by Crippen LogP contribution is 2.09. The van der Waals surface area contributed by atoms with Crippen LogP contribution in [0.4, 0.5) is 0 Å². The van der Waals surface area contributed by atoms with Crippen LogP contribution in [0, 0.1) is 0 Å². The maximum atomic E-state index is 11.1. The number of hydrogen-bond acceptors (Lipinski definition) is 5. The quantitative estimate of drug-likeness (QED) is 0.208. The van der Waals surface area contributed by atoms with Crippen molar-refractivity contribution in [2.24, 2.45) is 0 Å². The molecule has 0 aromatic carbocycles. The van der Waals surface area contributed by atoms with E-state index in [-0.39, 0.29) is 11.5 Å². The predicted molar refractivity (Wildman–Crippen MR) is 43.7 cm³/mol. The third kappa shape index (κ3) is 2.77. The number of carbonyl (C=O) groups excluding carboxylic acids is 2. The van der Waals surface area contributed by atoms with Crippen molar-refractivity contribution < 1.29 is 23.8 Å². The normalized spacial score (nSPS) is 8.62. The minimum Gasteiger partial charge on any atom is -0.468 e. The van der Waals surface area contributed by atoms with Gasteiger partial charge in [0, 0.05) is 0 Å². The van der Waals surface area contributed by atoms with Gasteiger partial charge in [0.1, 0.15) is 0 Å². The lowest BCUT2D eigenvalue weighted by Crippen LogP contribution is -2.16. The van der Waals surface area contributed by atoms with E-state index < -0.39 is 11.8 Å². The molecule has 5 heteroatoms. The van der Waals surface area contributed by atoms with E-state index in [0.29, 0.717) is 0 Å². The average Bonchev–Trinajstić information content (AvgIpc) is 2.12. The van der Waals surface area contributed by atoms with Crippen molar-refractivity contribution in [3.63, 3.8) is 0 Å². The lowest BCUT2D eigenvalue weighted by molar-refractivity contribution is -0.138. The zero-order valence-electron chi connectivity index (χ0n) is 8.04. The molecule has 0 unspecified atom stereocenters. The Balaban J connectivity index is 5.08. The second-order valence-corrected chi connectivity index (χ2v) is 2.12. The highest BCUT2D eigenvalue weighted by Gasteiger charge is 2.22. The van der Waals surface area contributed by atoms with E-state index in [9.17, 15) is 9.59 Å². The Morgan fingerprint density at radius 2 is 1.38 bits per heavy atom. The molecule has 0 aliphatic rings. The van der Waals surface area contributed by atoms with Crippen LogP contribution in [-0.2, 0) is 23.8 Å². The van der Waals surface area contributed by atoms with Crippen molar-refractivity contribution in [2.75, 3.05) is 21.3 Å². The molecule has 0 aliphatic heterocycles. The Hall–Kier alpha value is -1.52. The summed E-state index contributed by atoms with van der Waals surface area (Å²) in [5.41, 5.74) is -0.229. The molecule has 0 fully saturated rings. The van der Waals surface area contributed by atoms with Gasteiger partial charge in [-0.25, -0.2) is 4.79 Å². The molecule has 0 bridgehead atoms. The summed E-state index contributed by atoms with van der Waals surface area (Å²) in [4.78, 5) is 22.0. The molecule has 0 radical (unpaired) electrons. The lowest BCUT2D eigenvalue weighted by Gasteiger charge is -2.07. The first kappa shape index (κ1) is 11.5. The van der Waals surface area contributed by atoms with E-state index in [1.807, 2.05) is 0 Å². The number of ketones is 1. The molecule has 5 nitrogen and oxygen atoms in total. The van der Waals surface area contributed by atoms with E-state index in [2.05, 4.69) is 14.2 Å². The Morgan fingerprint density at radius 1 is 0.923 bits per heavy atom. The van der Waals surface area contributed by atoms with Crippen LogP contribution in [0.5, 0.6) is 0 Å². The number of Topliss-reactive ketones (excluding diaryl/α,β-unsaturated/α-hetero) is 1. The van der Waals surface area contributed by atoms with Gasteiger partial charge in [0.25, 0.3) is 5.95 Å². The van der Waals surface area contributed by atoms with Crippen LogP contribution >= 0.6 is 0 Å². The summed E-state index contributed by atoms with van der Waals surface area (Å²) >= 11 is 0. The monoisotopic (exact) mass is 188 g/mol. The van der Waals surface area contributed by atoms with Gasteiger partial charge in [-0.1, -0.05) is 0 Å². The Labute approximate surface area is 76.3 Å². The second-order valence-electron chi connectivity index (χ2n) is 2.12. The van der Waals surface area contributed by atoms with Gasteiger partial charge in [0.15, 0.2) is 11.4 Å². The molecule has 0 heterocycles. The number of rotatable bonds is 4. The van der Waals surface area contributed by atoms with Gasteiger partial charge in [-0.2, -0.15) is 0 Å². The Morgan fingerprint density at radius 3 is 1.62 bits per heavy atom. The van der Waals surface area contributed by atoms with Crippen molar-refractivity contribution in [1.82, 2.24) is 0 Å². The molecule has 0 saturated carbocycles. The van der Waals surface area contributed by atoms with Crippen LogP contribution < -0.4 is 0 Å². The van der Waals surface area contributed by atoms with Gasteiger partial charge in [-0.3, -0.25) is 4.79 Å². The first-order chi connectivity index (χ1) is 6.08. The van der Waals surface area contributed by atoms with Crippen LogP contribution in [0.25, 0.3) is 0 Å². The fourth-order valence-electron chi connectivity index (χ4n) is 0.760. The highest BCUT2D eigenvalue weighted by molar-refractivity contribution is 6.16. The third-order valence-corrected chi connectivity index (χ3v) is 1.32. The van der Waals surface area contributed by atoms with Gasteiger partial charge in [0.05, 0.1) is 21.3 Å². The highest BCUT2D eigenvalue weighted by atomic mass is 16.7. The molecular formula is C8H12O5. The maximum absolute atomic E-state index is 11.1. The van der Waals surface area contributed by atoms with Crippen LogP contribution in [0.2, 0.25) is 0 Å². The number of methoxy groups -OCH3 is 3. The molecule has 0 aromatic heterocycles. The SMILES string of the molecule is COC(=O)C(C(C)=O)=C(OC)OC. The number of esters is 1. The van der Waals surface area contributed by atoms with Crippen molar-refractivity contribution in [3.8, 4) is 0 Å². The summed E-state index contributed by atoms with van der Waals surface area (Å²) in [7, 11) is 3.77. The van der Waals surface area contributed by atoms with Gasteiger partial charge in [-0.15, -0.1) is 0 Å². The minimum absolute atomic E-state index is 0.139. The second kappa shape index (κ2) is 5.18. The molecule has 0 rings (SSSR count). The number of hydrogen-bond donors (Lipinski definition) is 0. The van der Waals surface area contributed by atoms with E-state index in [4.69, 9.17) is 0 Å². The predicted octanol–water partition coefficient (Wildman–Crippen LogP) is 0.253. The largest absolute Gasteiger partial charge is 0.468 e. The standard InChI is InChI=1S/C8H12O5/c1-5(9)6(7(10)11-2)8(12-3)13-4/h1-4H3. The Kier molecular flexibility index (Phi) is 4.58. The maximum Gasteiger partial charge on any atom is 0.348 e. The molecule has 0 spiro atoms. The summed E-state index contributed by atoms with van der Waals surface area (Å²) in [6.07, 6.45) is 0. The summed E-state index contributed by atoms with van der Waals surface area (Å²) in [6, 6.07) is 0. The number of carbonyl (C=O) groups is 2. The fraction of sp³-hybridized carbons (Fsp3) is 0.500. The minimum atomic E-state index is -0.772. The van der Waals surface area contributed by atoms with E-state index in [1.54, 1.807) is 0 Å². The van der Waals surface area contributed by atoms with Gasteiger partial charge < -0.3 is 14.2 Å². The first-order valence-corrected chi connectivity index (χ1v) is 3.50. The fourth-order valence-corrected chi connectivity index (χ4v) is 0.760. The molecule has 0 atom stereocenters. The average molecular weight is 188 g/mol. The summed E-state index contributed by atoms with van der Waals surface area (Å²) in [6.45, 7) is 1.23. The lowest BCUT2D eigenvalue weighted by atomic mass is 10.2. The van der Waals surface area contributed by atoms with Crippen molar-refractivity contribution in [3.05, 3.63) is 11.5 Å². The molecule has 0 saturated heterocycles. The molecule has 0 amide bonds. The van der Waals surface area contributed by atoms with E-state index >= 15 is 0 Å². The third-order valence-electron chi connectivity index (χ3n) is 1.32. The van der Waals surface area contributed by atoms with Gasteiger partial charge in [0.2, 0.25) is 0 Å². The number of ether oxygens (including phenoxy) is 3. The van der Waals surface area contributed by atoms with Crippen LogP contribution in [-0.4, -0.2) is 33.1 Å².